The Morgan fingerprint density at radius 1 is 0.917 bits per heavy atom. The average Bonchev–Trinajstić information content (AvgIpc) is 2.89. The summed E-state index contributed by atoms with van der Waals surface area (Å²) in [6.45, 7) is 4.92. The molecule has 36 heavy (non-hydrogen) atoms. The van der Waals surface area contributed by atoms with Gasteiger partial charge < -0.3 is 4.90 Å². The van der Waals surface area contributed by atoms with Crippen molar-refractivity contribution < 1.29 is 4.92 Å². The first kappa shape index (κ1) is 28.9. The number of piperazine rings is 1. The maximum absolute atomic E-state index is 12.1. The van der Waals surface area contributed by atoms with Crippen molar-refractivity contribution in [2.24, 2.45) is 0 Å². The summed E-state index contributed by atoms with van der Waals surface area (Å²) in [4.78, 5) is 16.1. The second-order valence-electron chi connectivity index (χ2n) is 8.64. The topological polar surface area (TPSA) is 49.6 Å². The standard InChI is InChI=1S/C27H32Cl3N3O2S/c1-2-3-4-11-20-36-27(25(33(34)35)23(28)26(29)30)32-18-16-31(17-19-32)24(21-12-7-5-8-13-21)22-14-9-6-10-15-22/h5-10,12-15,24H,2-4,11,16-20H2,1H3/b27-25+. The summed E-state index contributed by atoms with van der Waals surface area (Å²) in [5.74, 6) is 0.771. The molecule has 0 atom stereocenters. The third-order valence-electron chi connectivity index (χ3n) is 6.19. The highest BCUT2D eigenvalue weighted by Gasteiger charge is 2.33. The van der Waals surface area contributed by atoms with Gasteiger partial charge in [0.25, 0.3) is 0 Å². The Bertz CT molecular complexity index is 999. The molecule has 1 aliphatic rings. The molecule has 1 heterocycles. The van der Waals surface area contributed by atoms with Crippen LogP contribution < -0.4 is 0 Å². The number of nitrogens with zero attached hydrogens (tertiary/aromatic N) is 3. The van der Waals surface area contributed by atoms with Gasteiger partial charge in [0.15, 0.2) is 10.1 Å². The van der Waals surface area contributed by atoms with Crippen molar-refractivity contribution in [3.8, 4) is 0 Å². The molecule has 1 saturated heterocycles. The minimum Gasteiger partial charge on any atom is -0.358 e. The molecule has 5 nitrogen and oxygen atoms in total. The molecule has 0 amide bonds. The second kappa shape index (κ2) is 14.9. The third-order valence-corrected chi connectivity index (χ3v) is 8.35. The largest absolute Gasteiger partial charge is 0.358 e. The van der Waals surface area contributed by atoms with Gasteiger partial charge in [0.1, 0.15) is 4.49 Å². The van der Waals surface area contributed by atoms with Crippen LogP contribution in [0.5, 0.6) is 0 Å². The number of benzene rings is 2. The van der Waals surface area contributed by atoms with Gasteiger partial charge in [0.2, 0.25) is 0 Å². The van der Waals surface area contributed by atoms with Gasteiger partial charge in [-0.1, -0.05) is 122 Å². The van der Waals surface area contributed by atoms with E-state index in [2.05, 4.69) is 65.3 Å². The summed E-state index contributed by atoms with van der Waals surface area (Å²) in [5.41, 5.74) is 2.24. The predicted octanol–water partition coefficient (Wildman–Crippen LogP) is 8.04. The molecule has 194 valence electrons. The molecule has 2 aromatic rings. The van der Waals surface area contributed by atoms with Gasteiger partial charge in [-0.15, -0.1) is 11.8 Å². The lowest BCUT2D eigenvalue weighted by molar-refractivity contribution is -0.421. The SMILES string of the molecule is CCCCCCS/C(=C(\C(Cl)=C(Cl)Cl)[N+](=O)[O-])N1CCN(C(c2ccccc2)c2ccccc2)CC1. The van der Waals surface area contributed by atoms with Crippen molar-refractivity contribution in [2.75, 3.05) is 31.9 Å². The first-order valence-electron chi connectivity index (χ1n) is 12.3. The van der Waals surface area contributed by atoms with Crippen LogP contribution in [0, 0.1) is 10.1 Å². The van der Waals surface area contributed by atoms with Gasteiger partial charge in [-0.25, -0.2) is 0 Å². The van der Waals surface area contributed by atoms with Crippen LogP contribution in [0.15, 0.2) is 80.9 Å². The van der Waals surface area contributed by atoms with Gasteiger partial charge in [-0.05, 0) is 23.3 Å². The molecule has 1 aliphatic heterocycles. The molecule has 9 heteroatoms. The summed E-state index contributed by atoms with van der Waals surface area (Å²) >= 11 is 19.5. The van der Waals surface area contributed by atoms with Crippen molar-refractivity contribution >= 4 is 46.6 Å². The predicted molar refractivity (Wildman–Crippen MR) is 153 cm³/mol. The highest BCUT2D eigenvalue weighted by molar-refractivity contribution is 8.03. The van der Waals surface area contributed by atoms with E-state index < -0.39 is 4.92 Å². The fraction of sp³-hybridized carbons (Fsp3) is 0.407. The zero-order chi connectivity index (χ0) is 25.9. The van der Waals surface area contributed by atoms with Crippen LogP contribution in [0.2, 0.25) is 0 Å². The van der Waals surface area contributed by atoms with Crippen LogP contribution in [-0.2, 0) is 0 Å². The van der Waals surface area contributed by atoms with Crippen LogP contribution in [0.3, 0.4) is 0 Å². The Balaban J connectivity index is 1.85. The Labute approximate surface area is 233 Å². The lowest BCUT2D eigenvalue weighted by Crippen LogP contribution is -2.47. The van der Waals surface area contributed by atoms with Gasteiger partial charge in [0.05, 0.1) is 11.0 Å². The Morgan fingerprint density at radius 2 is 1.47 bits per heavy atom. The van der Waals surface area contributed by atoms with Gasteiger partial charge in [-0.3, -0.25) is 15.0 Å². The van der Waals surface area contributed by atoms with Crippen molar-refractivity contribution in [1.82, 2.24) is 9.80 Å². The number of hydrogen-bond acceptors (Lipinski definition) is 5. The normalized spacial score (nSPS) is 15.1. The van der Waals surface area contributed by atoms with Crippen molar-refractivity contribution in [3.63, 3.8) is 0 Å². The molecule has 0 saturated carbocycles. The number of rotatable bonds is 12. The molecule has 0 N–H and O–H groups in total. The Hall–Kier alpha value is -1.70. The minimum absolute atomic E-state index is 0.111. The lowest BCUT2D eigenvalue weighted by atomic mass is 9.96. The van der Waals surface area contributed by atoms with E-state index in [0.29, 0.717) is 18.1 Å². The molecule has 0 aliphatic carbocycles. The molecule has 0 bridgehead atoms. The number of nitro groups is 1. The zero-order valence-corrected chi connectivity index (χ0v) is 23.5. The summed E-state index contributed by atoms with van der Waals surface area (Å²) in [5, 5.41) is 12.4. The molecule has 0 radical (unpaired) electrons. The fourth-order valence-corrected chi connectivity index (χ4v) is 6.03. The molecule has 1 fully saturated rings. The van der Waals surface area contributed by atoms with Crippen molar-refractivity contribution in [3.05, 3.63) is 102 Å². The van der Waals surface area contributed by atoms with Gasteiger partial charge >= 0.3 is 5.70 Å². The molecule has 0 spiro atoms. The van der Waals surface area contributed by atoms with E-state index >= 15 is 0 Å². The molecule has 3 rings (SSSR count). The van der Waals surface area contributed by atoms with E-state index in [1.54, 1.807) is 0 Å². The number of unbranched alkanes of at least 4 members (excludes halogenated alkanes) is 3. The van der Waals surface area contributed by atoms with Crippen molar-refractivity contribution in [1.29, 1.82) is 0 Å². The van der Waals surface area contributed by atoms with Gasteiger partial charge in [-0.2, -0.15) is 0 Å². The summed E-state index contributed by atoms with van der Waals surface area (Å²) in [6, 6.07) is 21.0. The quantitative estimate of drug-likeness (QED) is 0.112. The van der Waals surface area contributed by atoms with E-state index in [4.69, 9.17) is 34.8 Å². The van der Waals surface area contributed by atoms with Crippen LogP contribution >= 0.6 is 46.6 Å². The van der Waals surface area contributed by atoms with E-state index in [1.807, 2.05) is 12.1 Å². The first-order valence-corrected chi connectivity index (χ1v) is 14.4. The van der Waals surface area contributed by atoms with Crippen LogP contribution in [0.4, 0.5) is 0 Å². The van der Waals surface area contributed by atoms with E-state index in [0.717, 1.165) is 44.5 Å². The van der Waals surface area contributed by atoms with E-state index in [1.165, 1.54) is 22.9 Å². The smallest absolute Gasteiger partial charge is 0.319 e. The number of allylic oxidation sites excluding steroid dienone is 1. The zero-order valence-electron chi connectivity index (χ0n) is 20.4. The van der Waals surface area contributed by atoms with E-state index in [9.17, 15) is 10.1 Å². The molecular formula is C27H32Cl3N3O2S. The molecule has 2 aromatic carbocycles. The maximum atomic E-state index is 12.1. The molecule has 0 unspecified atom stereocenters. The van der Waals surface area contributed by atoms with Crippen LogP contribution in [0.1, 0.15) is 49.8 Å². The third kappa shape index (κ3) is 7.90. The maximum Gasteiger partial charge on any atom is 0.319 e. The highest BCUT2D eigenvalue weighted by atomic mass is 35.5. The first-order chi connectivity index (χ1) is 17.4. The molecular weight excluding hydrogens is 537 g/mol. The average molecular weight is 569 g/mol. The Morgan fingerprint density at radius 3 is 1.94 bits per heavy atom. The van der Waals surface area contributed by atoms with Crippen LogP contribution in [0.25, 0.3) is 0 Å². The van der Waals surface area contributed by atoms with E-state index in [-0.39, 0.29) is 21.3 Å². The number of hydrogen-bond donors (Lipinski definition) is 0. The second-order valence-corrected chi connectivity index (χ2v) is 11.1. The summed E-state index contributed by atoms with van der Waals surface area (Å²) in [7, 11) is 0. The minimum atomic E-state index is -0.468. The molecule has 0 aromatic heterocycles. The summed E-state index contributed by atoms with van der Waals surface area (Å²) in [6.07, 6.45) is 4.35. The highest BCUT2D eigenvalue weighted by Crippen LogP contribution is 2.36. The lowest BCUT2D eigenvalue weighted by Gasteiger charge is -2.41. The summed E-state index contributed by atoms with van der Waals surface area (Å²) < 4.78 is -0.292. The fourth-order valence-electron chi connectivity index (χ4n) is 4.42. The van der Waals surface area contributed by atoms with Gasteiger partial charge in [0, 0.05) is 26.2 Å². The number of halogens is 3. The number of thioether (sulfide) groups is 1. The Kier molecular flexibility index (Phi) is 11.9. The monoisotopic (exact) mass is 567 g/mol. The van der Waals surface area contributed by atoms with Crippen LogP contribution in [-0.4, -0.2) is 46.7 Å². The van der Waals surface area contributed by atoms with Crippen molar-refractivity contribution in [2.45, 2.75) is 38.6 Å².